The molecule has 0 aromatic carbocycles. The third-order valence-corrected chi connectivity index (χ3v) is 3.55. The van der Waals surface area contributed by atoms with Crippen LogP contribution in [0.2, 0.25) is 0 Å². The van der Waals surface area contributed by atoms with Crippen LogP contribution in [-0.4, -0.2) is 21.1 Å². The molecule has 17 heavy (non-hydrogen) atoms. The lowest BCUT2D eigenvalue weighted by atomic mass is 9.70. The first-order chi connectivity index (χ1) is 7.91. The number of nitrogens with zero attached hydrogens (tertiary/aromatic N) is 2. The molecule has 1 fully saturated rings. The van der Waals surface area contributed by atoms with Crippen molar-refractivity contribution >= 4 is 11.6 Å². The molecule has 4 nitrogen and oxygen atoms in total. The Hall–Kier alpha value is -1.45. The average Bonchev–Trinajstić information content (AvgIpc) is 2.67. The number of imidazole rings is 1. The van der Waals surface area contributed by atoms with E-state index in [-0.39, 0.29) is 17.0 Å². The van der Waals surface area contributed by atoms with Gasteiger partial charge in [-0.15, -0.1) is 0 Å². The summed E-state index contributed by atoms with van der Waals surface area (Å²) in [7, 11) is 1.78. The molecule has 1 aromatic heterocycles. The van der Waals surface area contributed by atoms with Crippen LogP contribution < -0.4 is 0 Å². The van der Waals surface area contributed by atoms with Gasteiger partial charge in [0.2, 0.25) is 5.78 Å². The first kappa shape index (κ1) is 12.0. The zero-order valence-electron chi connectivity index (χ0n) is 10.6. The van der Waals surface area contributed by atoms with Crippen molar-refractivity contribution in [3.63, 3.8) is 0 Å². The number of hydrogen-bond donors (Lipinski definition) is 0. The Kier molecular flexibility index (Phi) is 2.89. The van der Waals surface area contributed by atoms with Crippen molar-refractivity contribution in [2.45, 2.75) is 33.1 Å². The summed E-state index contributed by atoms with van der Waals surface area (Å²) in [6.07, 6.45) is 5.33. The molecule has 0 radical (unpaired) electrons. The second kappa shape index (κ2) is 4.09. The maximum atomic E-state index is 12.3. The Bertz CT molecular complexity index is 460. The topological polar surface area (TPSA) is 52.0 Å². The summed E-state index contributed by atoms with van der Waals surface area (Å²) < 4.78 is 1.68. The Morgan fingerprint density at radius 2 is 2.24 bits per heavy atom. The molecular weight excluding hydrogens is 216 g/mol. The minimum absolute atomic E-state index is 0.0670. The molecule has 1 unspecified atom stereocenters. The van der Waals surface area contributed by atoms with E-state index in [1.165, 1.54) is 0 Å². The molecule has 0 spiro atoms. The average molecular weight is 234 g/mol. The largest absolute Gasteiger partial charge is 0.332 e. The van der Waals surface area contributed by atoms with Crippen LogP contribution >= 0.6 is 0 Å². The predicted octanol–water partition coefficient (Wildman–Crippen LogP) is 2.00. The van der Waals surface area contributed by atoms with Crippen molar-refractivity contribution in [1.82, 2.24) is 9.55 Å². The van der Waals surface area contributed by atoms with Gasteiger partial charge in [0, 0.05) is 25.9 Å². The highest BCUT2D eigenvalue weighted by Crippen LogP contribution is 2.37. The van der Waals surface area contributed by atoms with Gasteiger partial charge in [-0.25, -0.2) is 4.98 Å². The number of aromatic nitrogens is 2. The van der Waals surface area contributed by atoms with Crippen LogP contribution in [0.1, 0.15) is 43.7 Å². The number of Topliss-reactive ketones (excluding diaryl/α,β-unsaturated/α-hetero) is 2. The molecule has 1 aromatic rings. The van der Waals surface area contributed by atoms with Crippen LogP contribution in [0, 0.1) is 11.3 Å². The number of hydrogen-bond acceptors (Lipinski definition) is 3. The lowest BCUT2D eigenvalue weighted by Gasteiger charge is -2.33. The molecule has 0 amide bonds. The lowest BCUT2D eigenvalue weighted by molar-refractivity contribution is -0.125. The normalized spacial score (nSPS) is 23.7. The van der Waals surface area contributed by atoms with E-state index in [0.29, 0.717) is 18.7 Å². The summed E-state index contributed by atoms with van der Waals surface area (Å²) >= 11 is 0. The van der Waals surface area contributed by atoms with Crippen LogP contribution in [0.25, 0.3) is 0 Å². The van der Waals surface area contributed by atoms with E-state index in [1.807, 2.05) is 0 Å². The van der Waals surface area contributed by atoms with Gasteiger partial charge in [0.15, 0.2) is 5.82 Å². The maximum Gasteiger partial charge on any atom is 0.208 e. The zero-order valence-corrected chi connectivity index (χ0v) is 10.6. The minimum Gasteiger partial charge on any atom is -0.332 e. The maximum absolute atomic E-state index is 12.3. The van der Waals surface area contributed by atoms with Crippen LogP contribution in [0.3, 0.4) is 0 Å². The van der Waals surface area contributed by atoms with Gasteiger partial charge in [0.05, 0.1) is 5.92 Å². The van der Waals surface area contributed by atoms with E-state index < -0.39 is 5.92 Å². The fraction of sp³-hybridized carbons (Fsp3) is 0.615. The Balaban J connectivity index is 2.24. The summed E-state index contributed by atoms with van der Waals surface area (Å²) in [5.74, 6) is -0.173. The second-order valence-corrected chi connectivity index (χ2v) is 5.61. The van der Waals surface area contributed by atoms with Crippen LogP contribution in [0.15, 0.2) is 12.4 Å². The molecule has 92 valence electrons. The van der Waals surface area contributed by atoms with Crippen LogP contribution in [0.5, 0.6) is 0 Å². The molecule has 0 saturated heterocycles. The van der Waals surface area contributed by atoms with Crippen molar-refractivity contribution in [2.24, 2.45) is 18.4 Å². The Morgan fingerprint density at radius 3 is 2.82 bits per heavy atom. The predicted molar refractivity (Wildman–Crippen MR) is 63.7 cm³/mol. The molecule has 1 atom stereocenters. The molecule has 0 N–H and O–H groups in total. The fourth-order valence-electron chi connectivity index (χ4n) is 2.40. The van der Waals surface area contributed by atoms with Crippen LogP contribution in [-0.2, 0) is 11.8 Å². The lowest BCUT2D eigenvalue weighted by Crippen LogP contribution is -2.36. The van der Waals surface area contributed by atoms with Crippen LogP contribution in [0.4, 0.5) is 0 Å². The zero-order chi connectivity index (χ0) is 12.6. The summed E-state index contributed by atoms with van der Waals surface area (Å²) in [5, 5.41) is 0. The Labute approximate surface area is 101 Å². The molecule has 0 aliphatic heterocycles. The molecule has 4 heteroatoms. The highest BCUT2D eigenvalue weighted by atomic mass is 16.2. The summed E-state index contributed by atoms with van der Waals surface area (Å²) in [4.78, 5) is 28.2. The van der Waals surface area contributed by atoms with Gasteiger partial charge in [-0.05, 0) is 18.3 Å². The van der Waals surface area contributed by atoms with E-state index in [4.69, 9.17) is 0 Å². The first-order valence-corrected chi connectivity index (χ1v) is 5.95. The minimum atomic E-state index is -0.500. The van der Waals surface area contributed by atoms with Gasteiger partial charge < -0.3 is 4.57 Å². The number of rotatable bonds is 2. The van der Waals surface area contributed by atoms with Gasteiger partial charge in [0.1, 0.15) is 5.78 Å². The monoisotopic (exact) mass is 234 g/mol. The summed E-state index contributed by atoms with van der Waals surface area (Å²) in [6.45, 7) is 4.22. The fourth-order valence-corrected chi connectivity index (χ4v) is 2.40. The molecule has 0 bridgehead atoms. The second-order valence-electron chi connectivity index (χ2n) is 5.61. The van der Waals surface area contributed by atoms with Gasteiger partial charge in [-0.1, -0.05) is 13.8 Å². The standard InChI is InChI=1S/C13H18N2O2/c1-13(2)5-4-10(16)9(8-13)11(17)12-14-6-7-15(12)3/h6-7,9H,4-5,8H2,1-3H3. The van der Waals surface area contributed by atoms with Crippen molar-refractivity contribution in [1.29, 1.82) is 0 Å². The van der Waals surface area contributed by atoms with E-state index in [9.17, 15) is 9.59 Å². The number of ketones is 2. The highest BCUT2D eigenvalue weighted by molar-refractivity contribution is 6.09. The third kappa shape index (κ3) is 2.30. The Morgan fingerprint density at radius 1 is 1.53 bits per heavy atom. The van der Waals surface area contributed by atoms with E-state index in [2.05, 4.69) is 18.8 Å². The van der Waals surface area contributed by atoms with Crippen molar-refractivity contribution in [3.8, 4) is 0 Å². The SMILES string of the molecule is Cn1ccnc1C(=O)C1CC(C)(C)CCC1=O. The highest BCUT2D eigenvalue weighted by Gasteiger charge is 2.39. The summed E-state index contributed by atoms with van der Waals surface area (Å²) in [6, 6.07) is 0. The van der Waals surface area contributed by atoms with Crippen molar-refractivity contribution in [2.75, 3.05) is 0 Å². The van der Waals surface area contributed by atoms with Crippen molar-refractivity contribution in [3.05, 3.63) is 18.2 Å². The number of aryl methyl sites for hydroxylation is 1. The van der Waals surface area contributed by atoms with E-state index >= 15 is 0 Å². The summed E-state index contributed by atoms with van der Waals surface area (Å²) in [5.41, 5.74) is 0.0689. The van der Waals surface area contributed by atoms with Crippen molar-refractivity contribution < 1.29 is 9.59 Å². The molecule has 1 saturated carbocycles. The molecule has 1 aliphatic rings. The van der Waals surface area contributed by atoms with Gasteiger partial charge in [-0.3, -0.25) is 9.59 Å². The van der Waals surface area contributed by atoms with Gasteiger partial charge in [-0.2, -0.15) is 0 Å². The molecular formula is C13H18N2O2. The van der Waals surface area contributed by atoms with Gasteiger partial charge in [0.25, 0.3) is 0 Å². The van der Waals surface area contributed by atoms with Gasteiger partial charge >= 0.3 is 0 Å². The molecule has 1 heterocycles. The number of carbonyl (C=O) groups is 2. The smallest absolute Gasteiger partial charge is 0.208 e. The van der Waals surface area contributed by atoms with E-state index in [0.717, 1.165) is 6.42 Å². The molecule has 1 aliphatic carbocycles. The molecule has 2 rings (SSSR count). The quantitative estimate of drug-likeness (QED) is 0.581. The third-order valence-electron chi connectivity index (χ3n) is 3.55. The first-order valence-electron chi connectivity index (χ1n) is 5.95. The van der Waals surface area contributed by atoms with E-state index in [1.54, 1.807) is 24.0 Å². The number of carbonyl (C=O) groups excluding carboxylic acids is 2.